The summed E-state index contributed by atoms with van der Waals surface area (Å²) in [5, 5.41) is 32.5. The van der Waals surface area contributed by atoms with Crippen LogP contribution in [0.15, 0.2) is 84.9 Å². The van der Waals surface area contributed by atoms with Gasteiger partial charge in [-0.2, -0.15) is 0 Å². The lowest BCUT2D eigenvalue weighted by Gasteiger charge is -2.36. The number of hydrogen-bond donors (Lipinski definition) is 4. The van der Waals surface area contributed by atoms with E-state index in [1.807, 2.05) is 12.1 Å². The van der Waals surface area contributed by atoms with E-state index in [-0.39, 0.29) is 6.04 Å². The number of ether oxygens (including phenoxy) is 1. The fraction of sp³-hybridized carbons (Fsp3) is 0.286. The summed E-state index contributed by atoms with van der Waals surface area (Å²) >= 11 is 0. The van der Waals surface area contributed by atoms with Crippen molar-refractivity contribution < 1.29 is 34.8 Å². The van der Waals surface area contributed by atoms with Gasteiger partial charge in [0.05, 0.1) is 13.2 Å². The number of benzene rings is 3. The molecule has 0 bridgehead atoms. The molecule has 3 atom stereocenters. The number of carboxylic acids is 2. The van der Waals surface area contributed by atoms with Crippen molar-refractivity contribution in [2.24, 2.45) is 0 Å². The summed E-state index contributed by atoms with van der Waals surface area (Å²) in [6.45, 7) is 1.78. The van der Waals surface area contributed by atoms with Crippen LogP contribution in [0.25, 0.3) is 0 Å². The van der Waals surface area contributed by atoms with E-state index in [0.717, 1.165) is 18.8 Å². The van der Waals surface area contributed by atoms with Gasteiger partial charge in [-0.15, -0.1) is 0 Å². The molecule has 0 aliphatic carbocycles. The number of anilines is 1. The third-order valence-corrected chi connectivity index (χ3v) is 5.50. The maximum Gasteiger partial charge on any atom is 0.335 e. The van der Waals surface area contributed by atoms with Crippen molar-refractivity contribution in [1.82, 2.24) is 4.90 Å². The van der Waals surface area contributed by atoms with Crippen molar-refractivity contribution in [3.63, 3.8) is 0 Å². The smallest absolute Gasteiger partial charge is 0.335 e. The number of hydrogen-bond acceptors (Lipinski definition) is 7. The molecule has 0 saturated heterocycles. The van der Waals surface area contributed by atoms with Crippen molar-refractivity contribution >= 4 is 17.6 Å². The largest absolute Gasteiger partial charge is 0.497 e. The Hall–Kier alpha value is -3.92. The molecule has 198 valence electrons. The molecule has 0 heterocycles. The van der Waals surface area contributed by atoms with Crippen LogP contribution in [0.3, 0.4) is 0 Å². The van der Waals surface area contributed by atoms with E-state index >= 15 is 0 Å². The second kappa shape index (κ2) is 14.6. The highest BCUT2D eigenvalue weighted by molar-refractivity contribution is 5.83. The maximum absolute atomic E-state index is 9.77. The van der Waals surface area contributed by atoms with Gasteiger partial charge >= 0.3 is 11.9 Å². The fourth-order valence-electron chi connectivity index (χ4n) is 3.61. The number of aliphatic hydroxyl groups is 2. The summed E-state index contributed by atoms with van der Waals surface area (Å²) in [6.07, 6.45) is -4.53. The van der Waals surface area contributed by atoms with Gasteiger partial charge in [0.25, 0.3) is 0 Å². The highest BCUT2D eigenvalue weighted by atomic mass is 16.5. The number of likely N-dealkylation sites (N-methyl/N-ethyl adjacent to an activating group) is 1. The minimum Gasteiger partial charge on any atom is -0.497 e. The first kappa shape index (κ1) is 29.3. The highest BCUT2D eigenvalue weighted by Gasteiger charge is 2.29. The summed E-state index contributed by atoms with van der Waals surface area (Å²) in [6, 6.07) is 30.0. The molecule has 0 aromatic heterocycles. The van der Waals surface area contributed by atoms with Crippen LogP contribution in [0.5, 0.6) is 5.75 Å². The van der Waals surface area contributed by atoms with E-state index in [0.29, 0.717) is 0 Å². The standard InChI is InChI=1S/C24H28N2O.C4H6O6/c1-25(2)19-24(21-12-8-5-9-13-21)26(18-20-10-6-4-7-11-20)22-14-16-23(27-3)17-15-22;5-1(3(7)8)2(6)4(9)10/h4-17,24H,18-19H2,1-3H3;1-2,5-6H,(H,7,8)(H,9,10). The van der Waals surface area contributed by atoms with E-state index in [4.69, 9.17) is 25.2 Å². The molecule has 4 N–H and O–H groups in total. The van der Waals surface area contributed by atoms with Gasteiger partial charge in [-0.1, -0.05) is 60.7 Å². The van der Waals surface area contributed by atoms with Crippen LogP contribution in [0.2, 0.25) is 0 Å². The number of aliphatic carboxylic acids is 2. The number of carbonyl (C=O) groups is 2. The lowest BCUT2D eigenvalue weighted by Crippen LogP contribution is -2.39. The lowest BCUT2D eigenvalue weighted by molar-refractivity contribution is -0.165. The second-order valence-electron chi connectivity index (χ2n) is 8.57. The molecule has 0 radical (unpaired) electrons. The normalized spacial score (nSPS) is 13.0. The molecule has 3 unspecified atom stereocenters. The van der Waals surface area contributed by atoms with Gasteiger partial charge in [0.2, 0.25) is 0 Å². The topological polar surface area (TPSA) is 131 Å². The molecular weight excluding hydrogens is 476 g/mol. The maximum atomic E-state index is 9.77. The minimum absolute atomic E-state index is 0.245. The number of carboxylic acid groups (broad SMARTS) is 2. The molecule has 0 amide bonds. The van der Waals surface area contributed by atoms with Gasteiger partial charge in [-0.3, -0.25) is 0 Å². The monoisotopic (exact) mass is 510 g/mol. The van der Waals surface area contributed by atoms with Crippen LogP contribution in [0.4, 0.5) is 5.69 Å². The van der Waals surface area contributed by atoms with Crippen molar-refractivity contribution in [3.05, 3.63) is 96.1 Å². The summed E-state index contributed by atoms with van der Waals surface area (Å²) in [5.41, 5.74) is 3.81. The summed E-state index contributed by atoms with van der Waals surface area (Å²) < 4.78 is 5.35. The molecule has 0 fully saturated rings. The van der Waals surface area contributed by atoms with Crippen LogP contribution in [-0.2, 0) is 16.1 Å². The van der Waals surface area contributed by atoms with Crippen molar-refractivity contribution in [3.8, 4) is 5.75 Å². The summed E-state index contributed by atoms with van der Waals surface area (Å²) in [5.74, 6) is -2.66. The predicted octanol–water partition coefficient (Wildman–Crippen LogP) is 2.88. The Balaban J connectivity index is 0.000000410. The second-order valence-corrected chi connectivity index (χ2v) is 8.57. The quantitative estimate of drug-likeness (QED) is 0.308. The Labute approximate surface area is 216 Å². The van der Waals surface area contributed by atoms with Crippen LogP contribution < -0.4 is 9.64 Å². The Morgan fingerprint density at radius 1 is 0.784 bits per heavy atom. The average molecular weight is 511 g/mol. The fourth-order valence-corrected chi connectivity index (χ4v) is 3.61. The number of methoxy groups -OCH3 is 1. The van der Waals surface area contributed by atoms with Gasteiger partial charge < -0.3 is 35.0 Å². The molecule has 0 spiro atoms. The third kappa shape index (κ3) is 9.23. The Kier molecular flexibility index (Phi) is 11.6. The zero-order chi connectivity index (χ0) is 27.4. The molecular formula is C28H34N2O7. The minimum atomic E-state index is -2.27. The predicted molar refractivity (Wildman–Crippen MR) is 141 cm³/mol. The van der Waals surface area contributed by atoms with Crippen LogP contribution in [-0.4, -0.2) is 77.2 Å². The molecule has 37 heavy (non-hydrogen) atoms. The van der Waals surface area contributed by atoms with E-state index < -0.39 is 24.1 Å². The first-order valence-electron chi connectivity index (χ1n) is 11.6. The zero-order valence-electron chi connectivity index (χ0n) is 21.1. The first-order valence-corrected chi connectivity index (χ1v) is 11.6. The third-order valence-electron chi connectivity index (χ3n) is 5.50. The van der Waals surface area contributed by atoms with E-state index in [2.05, 4.69) is 96.7 Å². The molecule has 9 nitrogen and oxygen atoms in total. The first-order chi connectivity index (χ1) is 17.6. The Morgan fingerprint density at radius 2 is 1.27 bits per heavy atom. The lowest BCUT2D eigenvalue weighted by atomic mass is 10.0. The Bertz CT molecular complexity index is 1070. The average Bonchev–Trinajstić information content (AvgIpc) is 2.91. The SMILES string of the molecule is COc1ccc(N(Cc2ccccc2)C(CN(C)C)c2ccccc2)cc1.O=C(O)C(O)C(O)C(=O)O. The van der Waals surface area contributed by atoms with Gasteiger partial charge in [-0.05, 0) is 49.5 Å². The van der Waals surface area contributed by atoms with Crippen molar-refractivity contribution in [2.45, 2.75) is 24.8 Å². The van der Waals surface area contributed by atoms with Gasteiger partial charge in [0.1, 0.15) is 5.75 Å². The summed E-state index contributed by atoms with van der Waals surface area (Å²) in [7, 11) is 5.96. The van der Waals surface area contributed by atoms with Crippen LogP contribution in [0, 0.1) is 0 Å². The van der Waals surface area contributed by atoms with Crippen molar-refractivity contribution in [2.75, 3.05) is 32.6 Å². The number of nitrogens with zero attached hydrogens (tertiary/aromatic N) is 2. The molecule has 0 aliphatic rings. The molecule has 9 heteroatoms. The zero-order valence-corrected chi connectivity index (χ0v) is 21.1. The number of rotatable bonds is 11. The van der Waals surface area contributed by atoms with Gasteiger partial charge in [0, 0.05) is 18.8 Å². The molecule has 3 rings (SSSR count). The number of aliphatic hydroxyl groups excluding tert-OH is 2. The van der Waals surface area contributed by atoms with E-state index in [9.17, 15) is 9.59 Å². The van der Waals surface area contributed by atoms with E-state index in [1.54, 1.807) is 7.11 Å². The highest BCUT2D eigenvalue weighted by Crippen LogP contribution is 2.31. The van der Waals surface area contributed by atoms with Crippen LogP contribution >= 0.6 is 0 Å². The molecule has 3 aromatic carbocycles. The summed E-state index contributed by atoms with van der Waals surface area (Å²) in [4.78, 5) is 24.3. The van der Waals surface area contributed by atoms with Crippen molar-refractivity contribution in [1.29, 1.82) is 0 Å². The van der Waals surface area contributed by atoms with Crippen LogP contribution in [0.1, 0.15) is 17.2 Å². The van der Waals surface area contributed by atoms with E-state index in [1.165, 1.54) is 16.8 Å². The van der Waals surface area contributed by atoms with Gasteiger partial charge in [0.15, 0.2) is 12.2 Å². The molecule has 3 aromatic rings. The Morgan fingerprint density at radius 3 is 1.70 bits per heavy atom. The van der Waals surface area contributed by atoms with Gasteiger partial charge in [-0.25, -0.2) is 9.59 Å². The molecule has 0 aliphatic heterocycles. The molecule has 0 saturated carbocycles.